The molecule has 2 aromatic rings. The lowest BCUT2D eigenvalue weighted by molar-refractivity contribution is -0.115. The van der Waals surface area contributed by atoms with Gasteiger partial charge < -0.3 is 20.7 Å². The number of carbonyl (C=O) groups is 1. The number of carbonyl (C=O) groups excluding carboxylic acids is 1. The van der Waals surface area contributed by atoms with Crippen molar-refractivity contribution in [1.29, 1.82) is 0 Å². The lowest BCUT2D eigenvalue weighted by Gasteiger charge is -2.30. The first-order valence-electron chi connectivity index (χ1n) is 7.58. The fraction of sp³-hybridized carbons (Fsp3) is 0.375. The van der Waals surface area contributed by atoms with Gasteiger partial charge in [-0.1, -0.05) is 0 Å². The van der Waals surface area contributed by atoms with Gasteiger partial charge in [-0.3, -0.25) is 9.78 Å². The monoisotopic (exact) mass is 328 g/mol. The van der Waals surface area contributed by atoms with Crippen molar-refractivity contribution in [1.82, 2.24) is 15.0 Å². The molecule has 1 aliphatic heterocycles. The molecule has 1 amide bonds. The number of rotatable bonds is 3. The van der Waals surface area contributed by atoms with Gasteiger partial charge in [0.25, 0.3) is 0 Å². The smallest absolute Gasteiger partial charge is 0.244 e. The number of amides is 1. The lowest BCUT2D eigenvalue weighted by Crippen LogP contribution is -2.39. The highest BCUT2D eigenvalue weighted by molar-refractivity contribution is 6.01. The van der Waals surface area contributed by atoms with Crippen molar-refractivity contribution in [2.24, 2.45) is 0 Å². The summed E-state index contributed by atoms with van der Waals surface area (Å²) < 4.78 is 5.45. The average molecular weight is 328 g/mol. The van der Waals surface area contributed by atoms with Gasteiger partial charge in [0, 0.05) is 17.3 Å². The molecule has 2 aromatic heterocycles. The van der Waals surface area contributed by atoms with Crippen LogP contribution in [0.4, 0.5) is 17.5 Å². The number of methoxy groups -OCH3 is 1. The van der Waals surface area contributed by atoms with Crippen molar-refractivity contribution in [2.45, 2.75) is 27.3 Å². The molecule has 24 heavy (non-hydrogen) atoms. The van der Waals surface area contributed by atoms with E-state index in [2.05, 4.69) is 20.3 Å². The first-order valence-corrected chi connectivity index (χ1v) is 7.58. The van der Waals surface area contributed by atoms with Crippen LogP contribution < -0.4 is 20.7 Å². The van der Waals surface area contributed by atoms with Crippen LogP contribution in [0.15, 0.2) is 6.20 Å². The van der Waals surface area contributed by atoms with E-state index in [1.165, 1.54) is 0 Å². The highest BCUT2D eigenvalue weighted by Crippen LogP contribution is 2.32. The Morgan fingerprint density at radius 1 is 1.33 bits per heavy atom. The molecule has 8 heteroatoms. The minimum atomic E-state index is -0.115. The van der Waals surface area contributed by atoms with E-state index in [1.54, 1.807) is 20.2 Å². The molecule has 8 nitrogen and oxygen atoms in total. The number of hydrogen-bond acceptors (Lipinski definition) is 7. The van der Waals surface area contributed by atoms with Crippen LogP contribution >= 0.6 is 0 Å². The van der Waals surface area contributed by atoms with Crippen molar-refractivity contribution < 1.29 is 9.53 Å². The van der Waals surface area contributed by atoms with Gasteiger partial charge >= 0.3 is 0 Å². The molecule has 0 aliphatic carbocycles. The molecule has 0 bridgehead atoms. The molecular weight excluding hydrogens is 308 g/mol. The van der Waals surface area contributed by atoms with Crippen molar-refractivity contribution in [3.63, 3.8) is 0 Å². The highest BCUT2D eigenvalue weighted by Gasteiger charge is 2.27. The topological polar surface area (TPSA) is 106 Å². The first kappa shape index (κ1) is 16.0. The van der Waals surface area contributed by atoms with Gasteiger partial charge in [-0.05, 0) is 20.8 Å². The Balaban J connectivity index is 2.02. The summed E-state index contributed by atoms with van der Waals surface area (Å²) in [5, 5.41) is 2.81. The molecule has 3 heterocycles. The van der Waals surface area contributed by atoms with E-state index >= 15 is 0 Å². The number of ether oxygens (including phenoxy) is 1. The summed E-state index contributed by atoms with van der Waals surface area (Å²) in [5.41, 5.74) is 9.75. The second kappa shape index (κ2) is 5.95. The van der Waals surface area contributed by atoms with Gasteiger partial charge in [0.2, 0.25) is 11.9 Å². The van der Waals surface area contributed by atoms with E-state index in [-0.39, 0.29) is 18.4 Å². The van der Waals surface area contributed by atoms with Crippen LogP contribution in [-0.2, 0) is 11.3 Å². The van der Waals surface area contributed by atoms with Crippen LogP contribution in [0.5, 0.6) is 5.75 Å². The average Bonchev–Trinajstić information content (AvgIpc) is 2.52. The molecule has 0 saturated carbocycles. The number of anilines is 3. The van der Waals surface area contributed by atoms with Gasteiger partial charge in [-0.25, -0.2) is 4.98 Å². The number of hydrogen-bond donors (Lipinski definition) is 2. The van der Waals surface area contributed by atoms with E-state index < -0.39 is 0 Å². The summed E-state index contributed by atoms with van der Waals surface area (Å²) in [7, 11) is 1.64. The van der Waals surface area contributed by atoms with Gasteiger partial charge in [0.15, 0.2) is 5.82 Å². The Labute approximate surface area is 140 Å². The predicted octanol–water partition coefficient (Wildman–Crippen LogP) is 1.35. The molecule has 0 spiro atoms. The van der Waals surface area contributed by atoms with Gasteiger partial charge in [-0.15, -0.1) is 0 Å². The maximum Gasteiger partial charge on any atom is 0.244 e. The van der Waals surface area contributed by atoms with Crippen molar-refractivity contribution in [2.75, 3.05) is 29.6 Å². The normalized spacial score (nSPS) is 13.5. The van der Waals surface area contributed by atoms with Crippen molar-refractivity contribution in [3.8, 4) is 5.75 Å². The summed E-state index contributed by atoms with van der Waals surface area (Å²) >= 11 is 0. The summed E-state index contributed by atoms with van der Waals surface area (Å²) in [5.74, 6) is 1.48. The molecule has 0 aromatic carbocycles. The molecule has 0 unspecified atom stereocenters. The second-order valence-electron chi connectivity index (χ2n) is 5.82. The molecular formula is C16H20N6O2. The van der Waals surface area contributed by atoms with Gasteiger partial charge in [0.05, 0.1) is 31.6 Å². The van der Waals surface area contributed by atoms with Crippen LogP contribution in [0, 0.1) is 20.8 Å². The summed E-state index contributed by atoms with van der Waals surface area (Å²) in [6.45, 7) is 6.31. The lowest BCUT2D eigenvalue weighted by atomic mass is 10.1. The molecule has 0 radical (unpaired) electrons. The quantitative estimate of drug-likeness (QED) is 0.875. The van der Waals surface area contributed by atoms with Gasteiger partial charge in [-0.2, -0.15) is 4.98 Å². The largest absolute Gasteiger partial charge is 0.496 e. The van der Waals surface area contributed by atoms with Gasteiger partial charge in [0.1, 0.15) is 11.4 Å². The fourth-order valence-electron chi connectivity index (χ4n) is 2.92. The number of nitrogens with two attached hydrogens (primary N) is 1. The van der Waals surface area contributed by atoms with Crippen LogP contribution in [0.25, 0.3) is 0 Å². The number of aromatic nitrogens is 3. The molecule has 3 N–H and O–H groups in total. The molecule has 0 fully saturated rings. The molecule has 0 atom stereocenters. The Morgan fingerprint density at radius 3 is 2.79 bits per heavy atom. The third-order valence-corrected chi connectivity index (χ3v) is 4.08. The SMILES string of the molecule is COc1c(C)cnc(CN2CC(=O)Nc3c(C)nc(N)nc32)c1C. The zero-order chi connectivity index (χ0) is 17.4. The molecule has 0 saturated heterocycles. The zero-order valence-electron chi connectivity index (χ0n) is 14.2. The highest BCUT2D eigenvalue weighted by atomic mass is 16.5. The molecule has 1 aliphatic rings. The number of aryl methyl sites for hydroxylation is 2. The minimum absolute atomic E-state index is 0.115. The third kappa shape index (κ3) is 2.70. The zero-order valence-corrected chi connectivity index (χ0v) is 14.2. The van der Waals surface area contributed by atoms with E-state index in [0.717, 1.165) is 22.6 Å². The first-order chi connectivity index (χ1) is 11.4. The van der Waals surface area contributed by atoms with Crippen LogP contribution in [0.2, 0.25) is 0 Å². The van der Waals surface area contributed by atoms with E-state index in [1.807, 2.05) is 18.7 Å². The summed E-state index contributed by atoms with van der Waals surface area (Å²) in [6.07, 6.45) is 1.77. The number of nitrogens with zero attached hydrogens (tertiary/aromatic N) is 4. The Hall–Kier alpha value is -2.90. The van der Waals surface area contributed by atoms with Crippen LogP contribution in [0.3, 0.4) is 0 Å². The number of pyridine rings is 1. The second-order valence-corrected chi connectivity index (χ2v) is 5.82. The fourth-order valence-corrected chi connectivity index (χ4v) is 2.92. The van der Waals surface area contributed by atoms with Crippen molar-refractivity contribution in [3.05, 3.63) is 28.7 Å². The van der Waals surface area contributed by atoms with Crippen molar-refractivity contribution >= 4 is 23.4 Å². The summed E-state index contributed by atoms with van der Waals surface area (Å²) in [6, 6.07) is 0. The standard InChI is InChI=1S/C16H20N6O2/c1-8-5-18-11(9(2)14(8)24-4)6-22-7-12(23)20-13-10(3)19-16(17)21-15(13)22/h5H,6-7H2,1-4H3,(H,20,23)(H2,17,19,21). The van der Waals surface area contributed by atoms with Crippen LogP contribution in [-0.4, -0.2) is 34.5 Å². The maximum atomic E-state index is 12.0. The maximum absolute atomic E-state index is 12.0. The Kier molecular flexibility index (Phi) is 3.96. The van der Waals surface area contributed by atoms with E-state index in [0.29, 0.717) is 23.7 Å². The summed E-state index contributed by atoms with van der Waals surface area (Å²) in [4.78, 5) is 26.8. The van der Waals surface area contributed by atoms with E-state index in [9.17, 15) is 4.79 Å². The minimum Gasteiger partial charge on any atom is -0.496 e. The third-order valence-electron chi connectivity index (χ3n) is 4.08. The molecule has 126 valence electrons. The van der Waals surface area contributed by atoms with E-state index in [4.69, 9.17) is 10.5 Å². The van der Waals surface area contributed by atoms with Crippen LogP contribution in [0.1, 0.15) is 22.5 Å². The number of nitrogen functional groups attached to an aromatic ring is 1. The number of nitrogens with one attached hydrogen (secondary N) is 1. The predicted molar refractivity (Wildman–Crippen MR) is 91.1 cm³/mol. The molecule has 3 rings (SSSR count). The Morgan fingerprint density at radius 2 is 2.08 bits per heavy atom. The Bertz CT molecular complexity index is 821. The number of fused-ring (bicyclic) bond motifs is 1.